The summed E-state index contributed by atoms with van der Waals surface area (Å²) in [5.74, 6) is -0.145. The number of hydrogen-bond donors (Lipinski definition) is 0. The molecule has 2 aliphatic rings. The van der Waals surface area contributed by atoms with E-state index in [1.807, 2.05) is 24.3 Å². The van der Waals surface area contributed by atoms with E-state index < -0.39 is 10.0 Å². The molecule has 1 fully saturated rings. The highest BCUT2D eigenvalue weighted by Crippen LogP contribution is 2.30. The molecule has 2 aromatic carbocycles. The van der Waals surface area contributed by atoms with Crippen LogP contribution in [0.15, 0.2) is 47.4 Å². The van der Waals surface area contributed by atoms with Gasteiger partial charge in [0.2, 0.25) is 10.0 Å². The second-order valence-electron chi connectivity index (χ2n) is 8.14. The number of piperazine rings is 1. The molecular weight excluding hydrogens is 434 g/mol. The van der Waals surface area contributed by atoms with Gasteiger partial charge in [-0.05, 0) is 48.7 Å². The summed E-state index contributed by atoms with van der Waals surface area (Å²) in [6, 6.07) is 12.5. The molecule has 1 amide bonds. The molecule has 166 valence electrons. The van der Waals surface area contributed by atoms with Crippen LogP contribution in [0.4, 0.5) is 0 Å². The Hall–Kier alpha value is -1.93. The summed E-state index contributed by atoms with van der Waals surface area (Å²) in [6.07, 6.45) is 1.75. The van der Waals surface area contributed by atoms with Crippen molar-refractivity contribution in [3.05, 3.63) is 64.2 Å². The first-order valence-corrected chi connectivity index (χ1v) is 12.6. The summed E-state index contributed by atoms with van der Waals surface area (Å²) in [4.78, 5) is 17.2. The topological polar surface area (TPSA) is 60.9 Å². The Balaban J connectivity index is 1.54. The summed E-state index contributed by atoms with van der Waals surface area (Å²) in [5.41, 5.74) is 2.54. The predicted octanol–water partition coefficient (Wildman–Crippen LogP) is 3.25. The van der Waals surface area contributed by atoms with Crippen LogP contribution in [0.2, 0.25) is 5.02 Å². The third kappa shape index (κ3) is 4.65. The second-order valence-corrected chi connectivity index (χ2v) is 10.4. The van der Waals surface area contributed by atoms with Crippen molar-refractivity contribution in [2.24, 2.45) is 0 Å². The van der Waals surface area contributed by atoms with Gasteiger partial charge >= 0.3 is 0 Å². The lowest BCUT2D eigenvalue weighted by Crippen LogP contribution is -2.48. The molecule has 6 nitrogen and oxygen atoms in total. The Kier molecular flexibility index (Phi) is 6.67. The van der Waals surface area contributed by atoms with Gasteiger partial charge in [0.05, 0.1) is 5.02 Å². The van der Waals surface area contributed by atoms with E-state index in [1.54, 1.807) is 11.0 Å². The summed E-state index contributed by atoms with van der Waals surface area (Å²) >= 11 is 6.31. The Morgan fingerprint density at radius 3 is 2.42 bits per heavy atom. The van der Waals surface area contributed by atoms with E-state index in [-0.39, 0.29) is 15.8 Å². The molecule has 31 heavy (non-hydrogen) atoms. The van der Waals surface area contributed by atoms with Crippen LogP contribution in [-0.4, -0.2) is 67.7 Å². The molecule has 2 aliphatic heterocycles. The van der Waals surface area contributed by atoms with E-state index in [4.69, 9.17) is 11.6 Å². The second kappa shape index (κ2) is 9.28. The van der Waals surface area contributed by atoms with Gasteiger partial charge in [0.25, 0.3) is 5.91 Å². The quantitative estimate of drug-likeness (QED) is 0.685. The lowest BCUT2D eigenvalue weighted by atomic mass is 10.0. The minimum Gasteiger partial charge on any atom is -0.336 e. The van der Waals surface area contributed by atoms with Crippen molar-refractivity contribution in [1.29, 1.82) is 0 Å². The van der Waals surface area contributed by atoms with Gasteiger partial charge in [-0.15, -0.1) is 0 Å². The van der Waals surface area contributed by atoms with Crippen molar-refractivity contribution in [3.8, 4) is 0 Å². The number of benzene rings is 2. The zero-order valence-electron chi connectivity index (χ0n) is 17.8. The van der Waals surface area contributed by atoms with Gasteiger partial charge < -0.3 is 4.90 Å². The number of hydrogen-bond acceptors (Lipinski definition) is 4. The summed E-state index contributed by atoms with van der Waals surface area (Å²) < 4.78 is 28.2. The monoisotopic (exact) mass is 461 g/mol. The molecule has 0 aliphatic carbocycles. The third-order valence-corrected chi connectivity index (χ3v) is 8.42. The highest BCUT2D eigenvalue weighted by molar-refractivity contribution is 7.89. The van der Waals surface area contributed by atoms with Crippen molar-refractivity contribution in [2.45, 2.75) is 31.2 Å². The Bertz CT molecular complexity index is 1070. The molecule has 8 heteroatoms. The fourth-order valence-electron chi connectivity index (χ4n) is 4.32. The largest absolute Gasteiger partial charge is 0.336 e. The van der Waals surface area contributed by atoms with Gasteiger partial charge in [0.1, 0.15) is 4.90 Å². The van der Waals surface area contributed by atoms with Crippen LogP contribution in [0.25, 0.3) is 0 Å². The number of amides is 1. The highest BCUT2D eigenvalue weighted by atomic mass is 35.5. The lowest BCUT2D eigenvalue weighted by molar-refractivity contribution is 0.0637. The molecule has 0 spiro atoms. The molecule has 0 aromatic heterocycles. The Labute approximate surface area is 189 Å². The van der Waals surface area contributed by atoms with Crippen LogP contribution in [0.1, 0.15) is 34.8 Å². The lowest BCUT2D eigenvalue weighted by Gasteiger charge is -2.34. The highest BCUT2D eigenvalue weighted by Gasteiger charge is 2.31. The van der Waals surface area contributed by atoms with Crippen LogP contribution in [-0.2, 0) is 23.0 Å². The standard InChI is InChI=1S/C23H28ClN3O3S/c1-2-10-25-12-14-26(15-13-25)23(28)19-7-8-21(24)22(16-19)31(29,30)27-11-9-18-5-3-4-6-20(18)17-27/h3-8,16H,2,9-15,17H2,1H3. The Morgan fingerprint density at radius 2 is 1.71 bits per heavy atom. The maximum atomic E-state index is 13.4. The van der Waals surface area contributed by atoms with E-state index in [9.17, 15) is 13.2 Å². The summed E-state index contributed by atoms with van der Waals surface area (Å²) in [7, 11) is -3.82. The SMILES string of the molecule is CCCN1CCN(C(=O)c2ccc(Cl)c(S(=O)(=O)N3CCc4ccccc4C3)c2)CC1. The van der Waals surface area contributed by atoms with Gasteiger partial charge in [-0.3, -0.25) is 9.69 Å². The minimum absolute atomic E-state index is 0.00372. The molecule has 0 unspecified atom stereocenters. The number of rotatable bonds is 5. The van der Waals surface area contributed by atoms with Crippen LogP contribution in [0, 0.1) is 0 Å². The van der Waals surface area contributed by atoms with Crippen LogP contribution in [0.3, 0.4) is 0 Å². The van der Waals surface area contributed by atoms with E-state index in [2.05, 4.69) is 11.8 Å². The number of halogens is 1. The van der Waals surface area contributed by atoms with Crippen molar-refractivity contribution in [3.63, 3.8) is 0 Å². The zero-order chi connectivity index (χ0) is 22.0. The molecule has 2 heterocycles. The molecule has 0 N–H and O–H groups in total. The van der Waals surface area contributed by atoms with Gasteiger partial charge in [0.15, 0.2) is 0 Å². The number of nitrogens with zero attached hydrogens (tertiary/aromatic N) is 3. The average molecular weight is 462 g/mol. The fraction of sp³-hybridized carbons (Fsp3) is 0.435. The zero-order valence-corrected chi connectivity index (χ0v) is 19.3. The molecule has 2 aromatic rings. The molecule has 0 atom stereocenters. The average Bonchev–Trinajstić information content (AvgIpc) is 2.79. The predicted molar refractivity (Wildman–Crippen MR) is 122 cm³/mol. The van der Waals surface area contributed by atoms with Gasteiger partial charge in [0, 0.05) is 44.8 Å². The van der Waals surface area contributed by atoms with Crippen LogP contribution in [0.5, 0.6) is 0 Å². The first-order chi connectivity index (χ1) is 14.9. The molecule has 0 bridgehead atoms. The third-order valence-electron chi connectivity index (χ3n) is 6.09. The molecule has 0 saturated carbocycles. The van der Waals surface area contributed by atoms with E-state index in [1.165, 1.54) is 22.0 Å². The molecule has 4 rings (SSSR count). The maximum Gasteiger partial charge on any atom is 0.253 e. The Morgan fingerprint density at radius 1 is 1.00 bits per heavy atom. The van der Waals surface area contributed by atoms with Crippen LogP contribution >= 0.6 is 11.6 Å². The smallest absolute Gasteiger partial charge is 0.253 e. The first kappa shape index (κ1) is 22.3. The molecule has 1 saturated heterocycles. The van der Waals surface area contributed by atoms with E-state index in [0.29, 0.717) is 38.2 Å². The number of sulfonamides is 1. The van der Waals surface area contributed by atoms with Gasteiger partial charge in [-0.1, -0.05) is 42.8 Å². The number of carbonyl (C=O) groups is 1. The normalized spacial score (nSPS) is 18.1. The van der Waals surface area contributed by atoms with E-state index >= 15 is 0 Å². The van der Waals surface area contributed by atoms with Gasteiger partial charge in [-0.25, -0.2) is 8.42 Å². The first-order valence-electron chi connectivity index (χ1n) is 10.8. The number of carbonyl (C=O) groups excluding carboxylic acids is 1. The van der Waals surface area contributed by atoms with Crippen molar-refractivity contribution < 1.29 is 13.2 Å². The fourth-order valence-corrected chi connectivity index (χ4v) is 6.24. The maximum absolute atomic E-state index is 13.4. The van der Waals surface area contributed by atoms with E-state index in [0.717, 1.165) is 31.6 Å². The van der Waals surface area contributed by atoms with Gasteiger partial charge in [-0.2, -0.15) is 4.31 Å². The molecule has 0 radical (unpaired) electrons. The molecular formula is C23H28ClN3O3S. The minimum atomic E-state index is -3.82. The van der Waals surface area contributed by atoms with Crippen molar-refractivity contribution in [1.82, 2.24) is 14.1 Å². The van der Waals surface area contributed by atoms with Crippen LogP contribution < -0.4 is 0 Å². The van der Waals surface area contributed by atoms with Crippen molar-refractivity contribution in [2.75, 3.05) is 39.3 Å². The number of fused-ring (bicyclic) bond motifs is 1. The van der Waals surface area contributed by atoms with Crippen molar-refractivity contribution >= 4 is 27.5 Å². The summed E-state index contributed by atoms with van der Waals surface area (Å²) in [6.45, 7) is 6.86. The summed E-state index contributed by atoms with van der Waals surface area (Å²) in [5, 5.41) is 0.142.